The fraction of sp³-hybridized carbons (Fsp3) is 0.444. The van der Waals surface area contributed by atoms with E-state index in [0.717, 1.165) is 29.7 Å². The molecule has 0 radical (unpaired) electrons. The van der Waals surface area contributed by atoms with Crippen LogP contribution in [0.15, 0.2) is 30.5 Å². The lowest BCUT2D eigenvalue weighted by molar-refractivity contribution is 0.0904. The molecule has 1 amide bonds. The van der Waals surface area contributed by atoms with E-state index in [0.29, 0.717) is 5.69 Å². The fourth-order valence-electron chi connectivity index (χ4n) is 3.87. The molecule has 0 saturated carbocycles. The molecule has 2 aromatic rings. The van der Waals surface area contributed by atoms with Crippen LogP contribution in [0, 0.1) is 12.8 Å². The van der Waals surface area contributed by atoms with E-state index in [1.54, 1.807) is 6.20 Å². The smallest absolute Gasteiger partial charge is 0.270 e. The van der Waals surface area contributed by atoms with Gasteiger partial charge in [0.2, 0.25) is 0 Å². The maximum absolute atomic E-state index is 12.5. The number of nitrogens with one attached hydrogen (secondary N) is 1. The van der Waals surface area contributed by atoms with Gasteiger partial charge in [-0.1, -0.05) is 18.2 Å². The molecule has 2 bridgehead atoms. The highest BCUT2D eigenvalue weighted by atomic mass is 16.1. The Bertz CT molecular complexity index is 715. The minimum absolute atomic E-state index is 0.0438. The SMILES string of the molecule is Cc1cccc2cnc(C(=O)NC3CC4CCN(C4)C3)cc12. The Labute approximate surface area is 130 Å². The third-order valence-corrected chi connectivity index (χ3v) is 5.02. The molecule has 4 heteroatoms. The van der Waals surface area contributed by atoms with Crippen molar-refractivity contribution in [2.75, 3.05) is 19.6 Å². The second-order valence-corrected chi connectivity index (χ2v) is 6.69. The summed E-state index contributed by atoms with van der Waals surface area (Å²) in [6, 6.07) is 8.30. The first kappa shape index (κ1) is 13.7. The number of nitrogens with zero attached hydrogens (tertiary/aromatic N) is 2. The van der Waals surface area contributed by atoms with Gasteiger partial charge in [-0.25, -0.2) is 0 Å². The summed E-state index contributed by atoms with van der Waals surface area (Å²) >= 11 is 0. The van der Waals surface area contributed by atoms with Gasteiger partial charge in [-0.05, 0) is 49.2 Å². The molecule has 0 aliphatic carbocycles. The number of piperidine rings is 1. The molecule has 2 fully saturated rings. The van der Waals surface area contributed by atoms with Crippen molar-refractivity contribution < 1.29 is 4.79 Å². The number of hydrogen-bond donors (Lipinski definition) is 1. The Morgan fingerprint density at radius 2 is 2.27 bits per heavy atom. The summed E-state index contributed by atoms with van der Waals surface area (Å²) in [5, 5.41) is 5.37. The standard InChI is InChI=1S/C18H21N3O/c1-12-3-2-4-14-9-19-17(8-16(12)14)18(22)20-15-7-13-5-6-21(10-13)11-15/h2-4,8-9,13,15H,5-7,10-11H2,1H3,(H,20,22). The zero-order valence-electron chi connectivity index (χ0n) is 12.9. The molecule has 1 aromatic carbocycles. The number of amides is 1. The number of carbonyl (C=O) groups is 1. The summed E-state index contributed by atoms with van der Waals surface area (Å²) in [6.07, 6.45) is 4.18. The Morgan fingerprint density at radius 3 is 3.14 bits per heavy atom. The highest BCUT2D eigenvalue weighted by Gasteiger charge is 2.33. The summed E-state index contributed by atoms with van der Waals surface area (Å²) in [6.45, 7) is 5.44. The summed E-state index contributed by atoms with van der Waals surface area (Å²) in [5.41, 5.74) is 1.70. The Balaban J connectivity index is 1.54. The molecule has 114 valence electrons. The van der Waals surface area contributed by atoms with Crippen molar-refractivity contribution in [3.63, 3.8) is 0 Å². The minimum atomic E-state index is -0.0438. The van der Waals surface area contributed by atoms with Crippen LogP contribution in [0.3, 0.4) is 0 Å². The van der Waals surface area contributed by atoms with Crippen molar-refractivity contribution in [1.82, 2.24) is 15.2 Å². The number of rotatable bonds is 2. The molecule has 4 nitrogen and oxygen atoms in total. The van der Waals surface area contributed by atoms with E-state index in [1.165, 1.54) is 25.1 Å². The molecule has 3 atom stereocenters. The second kappa shape index (κ2) is 5.36. The number of aromatic nitrogens is 1. The average Bonchev–Trinajstić information content (AvgIpc) is 2.86. The van der Waals surface area contributed by atoms with Crippen LogP contribution in [0.2, 0.25) is 0 Å². The first-order chi connectivity index (χ1) is 10.7. The molecule has 4 rings (SSSR count). The highest BCUT2D eigenvalue weighted by molar-refractivity contribution is 5.97. The zero-order valence-corrected chi connectivity index (χ0v) is 12.9. The third-order valence-electron chi connectivity index (χ3n) is 5.02. The summed E-state index contributed by atoms with van der Waals surface area (Å²) < 4.78 is 0. The lowest BCUT2D eigenvalue weighted by Gasteiger charge is -2.30. The molecule has 1 N–H and O–H groups in total. The van der Waals surface area contributed by atoms with Crippen LogP contribution in [-0.2, 0) is 0 Å². The Morgan fingerprint density at radius 1 is 1.36 bits per heavy atom. The van der Waals surface area contributed by atoms with Crippen molar-refractivity contribution in [2.45, 2.75) is 25.8 Å². The quantitative estimate of drug-likeness (QED) is 0.925. The van der Waals surface area contributed by atoms with Crippen LogP contribution in [-0.4, -0.2) is 41.5 Å². The van der Waals surface area contributed by atoms with Crippen LogP contribution in [0.1, 0.15) is 28.9 Å². The van der Waals surface area contributed by atoms with Gasteiger partial charge in [-0.3, -0.25) is 9.78 Å². The molecular formula is C18H21N3O. The molecule has 22 heavy (non-hydrogen) atoms. The van der Waals surface area contributed by atoms with Crippen LogP contribution < -0.4 is 5.32 Å². The lowest BCUT2D eigenvalue weighted by atomic mass is 9.97. The topological polar surface area (TPSA) is 45.2 Å². The van der Waals surface area contributed by atoms with Crippen LogP contribution in [0.4, 0.5) is 0 Å². The van der Waals surface area contributed by atoms with E-state index in [4.69, 9.17) is 0 Å². The first-order valence-electron chi connectivity index (χ1n) is 8.07. The average molecular weight is 295 g/mol. The van der Waals surface area contributed by atoms with Crippen molar-refractivity contribution in [3.05, 3.63) is 41.7 Å². The monoisotopic (exact) mass is 295 g/mol. The first-order valence-corrected chi connectivity index (χ1v) is 8.07. The maximum Gasteiger partial charge on any atom is 0.270 e. The van der Waals surface area contributed by atoms with E-state index in [2.05, 4.69) is 28.2 Å². The largest absolute Gasteiger partial charge is 0.347 e. The summed E-state index contributed by atoms with van der Waals surface area (Å²) in [4.78, 5) is 19.3. The van der Waals surface area contributed by atoms with Gasteiger partial charge < -0.3 is 10.2 Å². The molecular weight excluding hydrogens is 274 g/mol. The molecule has 2 aliphatic rings. The van der Waals surface area contributed by atoms with Gasteiger partial charge in [-0.2, -0.15) is 0 Å². The lowest BCUT2D eigenvalue weighted by Crippen LogP contribution is -2.47. The molecule has 3 heterocycles. The van der Waals surface area contributed by atoms with Crippen LogP contribution in [0.25, 0.3) is 10.8 Å². The zero-order chi connectivity index (χ0) is 15.1. The molecule has 2 aliphatic heterocycles. The van der Waals surface area contributed by atoms with Gasteiger partial charge in [0.05, 0.1) is 0 Å². The normalized spacial score (nSPS) is 27.0. The predicted octanol–water partition coefficient (Wildman–Crippen LogP) is 2.37. The molecule has 3 unspecified atom stereocenters. The number of fused-ring (bicyclic) bond motifs is 3. The number of aryl methyl sites for hydroxylation is 1. The number of carbonyl (C=O) groups excluding carboxylic acids is 1. The third kappa shape index (κ3) is 2.48. The predicted molar refractivity (Wildman–Crippen MR) is 86.9 cm³/mol. The van der Waals surface area contributed by atoms with Crippen LogP contribution in [0.5, 0.6) is 0 Å². The summed E-state index contributed by atoms with van der Waals surface area (Å²) in [5.74, 6) is 0.712. The van der Waals surface area contributed by atoms with E-state index < -0.39 is 0 Å². The van der Waals surface area contributed by atoms with E-state index >= 15 is 0 Å². The van der Waals surface area contributed by atoms with Crippen molar-refractivity contribution >= 4 is 16.7 Å². The molecule has 2 saturated heterocycles. The Kier molecular flexibility index (Phi) is 3.34. The van der Waals surface area contributed by atoms with Crippen LogP contribution >= 0.6 is 0 Å². The number of hydrogen-bond acceptors (Lipinski definition) is 3. The van der Waals surface area contributed by atoms with E-state index in [9.17, 15) is 4.79 Å². The molecule has 0 spiro atoms. The maximum atomic E-state index is 12.5. The van der Waals surface area contributed by atoms with Gasteiger partial charge in [0.1, 0.15) is 5.69 Å². The minimum Gasteiger partial charge on any atom is -0.347 e. The highest BCUT2D eigenvalue weighted by Crippen LogP contribution is 2.27. The van der Waals surface area contributed by atoms with E-state index in [-0.39, 0.29) is 11.9 Å². The van der Waals surface area contributed by atoms with Crippen molar-refractivity contribution in [1.29, 1.82) is 0 Å². The summed E-state index contributed by atoms with van der Waals surface area (Å²) in [7, 11) is 0. The second-order valence-electron chi connectivity index (χ2n) is 6.69. The van der Waals surface area contributed by atoms with Gasteiger partial charge in [-0.15, -0.1) is 0 Å². The Hall–Kier alpha value is -1.94. The number of pyridine rings is 1. The fourth-order valence-corrected chi connectivity index (χ4v) is 3.87. The number of benzene rings is 1. The van der Waals surface area contributed by atoms with Gasteiger partial charge in [0.25, 0.3) is 5.91 Å². The molecule has 1 aromatic heterocycles. The van der Waals surface area contributed by atoms with Gasteiger partial charge in [0.15, 0.2) is 0 Å². The van der Waals surface area contributed by atoms with Crippen molar-refractivity contribution in [3.8, 4) is 0 Å². The van der Waals surface area contributed by atoms with Crippen molar-refractivity contribution in [2.24, 2.45) is 5.92 Å². The van der Waals surface area contributed by atoms with Gasteiger partial charge in [0, 0.05) is 30.7 Å². The van der Waals surface area contributed by atoms with Gasteiger partial charge >= 0.3 is 0 Å². The van der Waals surface area contributed by atoms with E-state index in [1.807, 2.05) is 18.2 Å².